The van der Waals surface area contributed by atoms with Gasteiger partial charge in [0.25, 0.3) is 0 Å². The summed E-state index contributed by atoms with van der Waals surface area (Å²) in [6.07, 6.45) is 1.53. The number of hydrogen-bond acceptors (Lipinski definition) is 3. The molecule has 254 valence electrons. The van der Waals surface area contributed by atoms with E-state index in [2.05, 4.69) is 156 Å². The van der Waals surface area contributed by atoms with Crippen molar-refractivity contribution in [3.05, 3.63) is 227 Å². The Balaban J connectivity index is 1.13. The van der Waals surface area contributed by atoms with E-state index < -0.39 is 11.6 Å². The van der Waals surface area contributed by atoms with Crippen molar-refractivity contribution in [3.63, 3.8) is 0 Å². The van der Waals surface area contributed by atoms with Crippen LogP contribution in [0.3, 0.4) is 0 Å². The summed E-state index contributed by atoms with van der Waals surface area (Å²) in [6, 6.07) is 65.6. The molecular weight excluding hydrogens is 657 g/mol. The molecule has 2 heterocycles. The Morgan fingerprint density at radius 1 is 0.389 bits per heavy atom. The molecule has 7 aromatic carbocycles. The lowest BCUT2D eigenvalue weighted by Gasteiger charge is -2.30. The van der Waals surface area contributed by atoms with E-state index in [0.717, 1.165) is 50.7 Å². The number of nitrogens with one attached hydrogen (secondary N) is 2. The highest BCUT2D eigenvalue weighted by molar-refractivity contribution is 6.15. The Morgan fingerprint density at radius 2 is 0.907 bits per heavy atom. The molecule has 0 radical (unpaired) electrons. The Bertz CT molecular complexity index is 2680. The molecule has 2 aliphatic carbocycles. The van der Waals surface area contributed by atoms with Crippen LogP contribution in [0, 0.1) is 0 Å². The second-order valence-electron chi connectivity index (χ2n) is 14.3. The highest BCUT2D eigenvalue weighted by Gasteiger charge is 2.51. The van der Waals surface area contributed by atoms with Gasteiger partial charge in [-0.3, -0.25) is 0 Å². The molecular formula is C50H34N4. The maximum atomic E-state index is 5.26. The van der Waals surface area contributed by atoms with Gasteiger partial charge >= 0.3 is 0 Å². The Morgan fingerprint density at radius 3 is 1.46 bits per heavy atom. The van der Waals surface area contributed by atoms with E-state index in [0.29, 0.717) is 0 Å². The van der Waals surface area contributed by atoms with Gasteiger partial charge in [-0.25, -0.2) is 9.98 Å². The SMILES string of the molecule is c1ccc(C2=NC(c3cc(-c4ccc5c(c4)C4(c6ccccc6-c6ccccc64)c4ccccc4-5)cc(-c4ccc[nH]4)c3)N=C(c3ccccc3)N2)cc1. The molecule has 0 amide bonds. The van der Waals surface area contributed by atoms with Crippen LogP contribution in [-0.2, 0) is 5.41 Å². The summed E-state index contributed by atoms with van der Waals surface area (Å²) < 4.78 is 0. The number of aromatic nitrogens is 1. The van der Waals surface area contributed by atoms with Crippen LogP contribution in [-0.4, -0.2) is 16.7 Å². The monoisotopic (exact) mass is 690 g/mol. The molecule has 0 saturated carbocycles. The van der Waals surface area contributed by atoms with Gasteiger partial charge in [-0.1, -0.05) is 146 Å². The second kappa shape index (κ2) is 12.0. The predicted molar refractivity (Wildman–Crippen MR) is 220 cm³/mol. The second-order valence-corrected chi connectivity index (χ2v) is 14.3. The van der Waals surface area contributed by atoms with Crippen molar-refractivity contribution in [2.75, 3.05) is 0 Å². The van der Waals surface area contributed by atoms with Crippen LogP contribution in [0.4, 0.5) is 0 Å². The molecule has 0 unspecified atom stereocenters. The first kappa shape index (κ1) is 30.6. The average molecular weight is 691 g/mol. The molecule has 0 atom stereocenters. The summed E-state index contributed by atoms with van der Waals surface area (Å²) in [5.74, 6) is 1.61. The summed E-state index contributed by atoms with van der Waals surface area (Å²) in [6.45, 7) is 0. The molecule has 11 rings (SSSR count). The van der Waals surface area contributed by atoms with Gasteiger partial charge in [0, 0.05) is 23.0 Å². The molecule has 1 spiro atoms. The first-order valence-corrected chi connectivity index (χ1v) is 18.5. The lowest BCUT2D eigenvalue weighted by Crippen LogP contribution is -2.36. The van der Waals surface area contributed by atoms with E-state index in [-0.39, 0.29) is 0 Å². The maximum absolute atomic E-state index is 5.26. The van der Waals surface area contributed by atoms with Gasteiger partial charge in [0.05, 0.1) is 5.41 Å². The summed E-state index contributed by atoms with van der Waals surface area (Å²) >= 11 is 0. The van der Waals surface area contributed by atoms with Crippen LogP contribution >= 0.6 is 0 Å². The zero-order chi connectivity index (χ0) is 35.6. The number of benzene rings is 7. The van der Waals surface area contributed by atoms with E-state index in [1.54, 1.807) is 0 Å². The standard InChI is InChI=1S/C50H34N4/c1-3-14-32(15-4-1)47-52-48(33-16-5-2-6-17-33)54-49(53-47)37-29-35(28-36(30-37)46-24-13-27-51-46)34-25-26-41-40-20-9-12-23-44(40)50(45(41)31-34)42-21-10-7-18-38(42)39-19-8-11-22-43(39)50/h1-31,49,51H,(H,52,53,54). The van der Waals surface area contributed by atoms with Crippen molar-refractivity contribution in [3.8, 4) is 44.6 Å². The number of aromatic amines is 1. The fourth-order valence-corrected chi connectivity index (χ4v) is 8.99. The molecule has 1 aliphatic heterocycles. The van der Waals surface area contributed by atoms with Crippen LogP contribution in [0.5, 0.6) is 0 Å². The van der Waals surface area contributed by atoms with E-state index in [1.165, 1.54) is 44.5 Å². The third-order valence-corrected chi connectivity index (χ3v) is 11.3. The normalized spacial score (nSPS) is 14.7. The van der Waals surface area contributed by atoms with Crippen molar-refractivity contribution in [2.45, 2.75) is 11.6 Å². The fraction of sp³-hybridized carbons (Fsp3) is 0.0400. The van der Waals surface area contributed by atoms with E-state index in [4.69, 9.17) is 9.98 Å². The number of fused-ring (bicyclic) bond motifs is 10. The molecule has 0 fully saturated rings. The average Bonchev–Trinajstić information content (AvgIpc) is 3.97. The van der Waals surface area contributed by atoms with Crippen LogP contribution in [0.25, 0.3) is 44.6 Å². The largest absolute Gasteiger partial charge is 0.361 e. The summed E-state index contributed by atoms with van der Waals surface area (Å²) in [5.41, 5.74) is 17.6. The van der Waals surface area contributed by atoms with E-state index in [9.17, 15) is 0 Å². The molecule has 0 saturated heterocycles. The van der Waals surface area contributed by atoms with Crippen molar-refractivity contribution < 1.29 is 0 Å². The molecule has 0 bridgehead atoms. The summed E-state index contributed by atoms with van der Waals surface area (Å²) in [5, 5.41) is 3.55. The van der Waals surface area contributed by atoms with Gasteiger partial charge in [-0.2, -0.15) is 0 Å². The first-order valence-electron chi connectivity index (χ1n) is 18.5. The van der Waals surface area contributed by atoms with Crippen molar-refractivity contribution >= 4 is 11.7 Å². The Hall–Kier alpha value is -7.04. The van der Waals surface area contributed by atoms with Crippen LogP contribution in [0.2, 0.25) is 0 Å². The zero-order valence-electron chi connectivity index (χ0n) is 29.4. The predicted octanol–water partition coefficient (Wildman–Crippen LogP) is 11.2. The highest BCUT2D eigenvalue weighted by Crippen LogP contribution is 2.63. The Kier molecular flexibility index (Phi) is 6.80. The van der Waals surface area contributed by atoms with E-state index >= 15 is 0 Å². The summed E-state index contributed by atoms with van der Waals surface area (Å²) in [4.78, 5) is 14.0. The minimum absolute atomic E-state index is 0.409. The number of H-pyrrole nitrogens is 1. The fourth-order valence-electron chi connectivity index (χ4n) is 8.99. The molecule has 4 nitrogen and oxygen atoms in total. The first-order chi connectivity index (χ1) is 26.8. The van der Waals surface area contributed by atoms with Crippen molar-refractivity contribution in [2.24, 2.45) is 9.98 Å². The van der Waals surface area contributed by atoms with Crippen LogP contribution in [0.1, 0.15) is 45.1 Å². The van der Waals surface area contributed by atoms with E-state index in [1.807, 2.05) is 42.6 Å². The number of aliphatic imine (C=N–C) groups is 2. The minimum Gasteiger partial charge on any atom is -0.361 e. The van der Waals surface area contributed by atoms with Crippen LogP contribution in [0.15, 0.2) is 198 Å². The topological polar surface area (TPSA) is 52.5 Å². The molecule has 8 aromatic rings. The van der Waals surface area contributed by atoms with Gasteiger partial charge < -0.3 is 10.3 Å². The Labute approximate surface area is 314 Å². The van der Waals surface area contributed by atoms with Crippen LogP contribution < -0.4 is 5.32 Å². The van der Waals surface area contributed by atoms with Crippen molar-refractivity contribution in [1.29, 1.82) is 0 Å². The zero-order valence-corrected chi connectivity index (χ0v) is 29.4. The van der Waals surface area contributed by atoms with Gasteiger partial charge in [0.15, 0.2) is 6.17 Å². The molecule has 1 aromatic heterocycles. The maximum Gasteiger partial charge on any atom is 0.169 e. The van der Waals surface area contributed by atoms with Gasteiger partial charge in [0.2, 0.25) is 0 Å². The number of rotatable bonds is 5. The smallest absolute Gasteiger partial charge is 0.169 e. The highest BCUT2D eigenvalue weighted by atomic mass is 15.2. The quantitative estimate of drug-likeness (QED) is 0.186. The minimum atomic E-state index is -0.455. The third-order valence-electron chi connectivity index (χ3n) is 11.3. The third kappa shape index (κ3) is 4.56. The van der Waals surface area contributed by atoms with Gasteiger partial charge in [0.1, 0.15) is 11.7 Å². The molecule has 2 N–H and O–H groups in total. The molecule has 4 heteroatoms. The summed E-state index contributed by atoms with van der Waals surface area (Å²) in [7, 11) is 0. The molecule has 3 aliphatic rings. The van der Waals surface area contributed by atoms with Gasteiger partial charge in [-0.15, -0.1) is 0 Å². The number of hydrogen-bond donors (Lipinski definition) is 2. The molecule has 54 heavy (non-hydrogen) atoms. The van der Waals surface area contributed by atoms with Gasteiger partial charge in [-0.05, 0) is 103 Å². The lowest BCUT2D eigenvalue weighted by atomic mass is 9.70. The number of nitrogens with zero attached hydrogens (tertiary/aromatic N) is 2. The van der Waals surface area contributed by atoms with Crippen molar-refractivity contribution in [1.82, 2.24) is 10.3 Å². The lowest BCUT2D eigenvalue weighted by molar-refractivity contribution is 0.756. The number of amidine groups is 2.